The van der Waals surface area contributed by atoms with E-state index in [1.54, 1.807) is 0 Å². The average Bonchev–Trinajstić information content (AvgIpc) is 2.86. The zero-order chi connectivity index (χ0) is 10.5. The SMILES string of the molecule is CC1(C)C2CNCC2CN1C1=NCCN1. The molecule has 0 aliphatic carbocycles. The third kappa shape index (κ3) is 1.27. The van der Waals surface area contributed by atoms with Crippen LogP contribution in [0.1, 0.15) is 13.8 Å². The van der Waals surface area contributed by atoms with Crippen molar-refractivity contribution in [3.63, 3.8) is 0 Å². The van der Waals surface area contributed by atoms with Gasteiger partial charge in [-0.25, -0.2) is 0 Å². The first kappa shape index (κ1) is 9.46. The van der Waals surface area contributed by atoms with Crippen LogP contribution in [0.25, 0.3) is 0 Å². The number of nitrogens with zero attached hydrogens (tertiary/aromatic N) is 2. The van der Waals surface area contributed by atoms with E-state index in [-0.39, 0.29) is 5.54 Å². The van der Waals surface area contributed by atoms with Crippen molar-refractivity contribution in [1.82, 2.24) is 15.5 Å². The van der Waals surface area contributed by atoms with Gasteiger partial charge in [-0.2, -0.15) is 0 Å². The molecule has 2 N–H and O–H groups in total. The summed E-state index contributed by atoms with van der Waals surface area (Å²) in [5, 5.41) is 6.90. The minimum atomic E-state index is 0.254. The van der Waals surface area contributed by atoms with Gasteiger partial charge in [0.15, 0.2) is 5.96 Å². The summed E-state index contributed by atoms with van der Waals surface area (Å²) in [5.74, 6) is 2.72. The predicted molar refractivity (Wildman–Crippen MR) is 60.9 cm³/mol. The van der Waals surface area contributed by atoms with Crippen LogP contribution in [-0.2, 0) is 0 Å². The molecule has 0 bridgehead atoms. The highest BCUT2D eigenvalue weighted by Crippen LogP contribution is 2.40. The van der Waals surface area contributed by atoms with Gasteiger partial charge in [-0.1, -0.05) is 0 Å². The average molecular weight is 208 g/mol. The van der Waals surface area contributed by atoms with Gasteiger partial charge in [0, 0.05) is 31.7 Å². The Balaban J connectivity index is 1.86. The van der Waals surface area contributed by atoms with Crippen LogP contribution in [0.2, 0.25) is 0 Å². The van der Waals surface area contributed by atoms with Crippen LogP contribution in [0.15, 0.2) is 4.99 Å². The maximum absolute atomic E-state index is 4.55. The monoisotopic (exact) mass is 208 g/mol. The lowest BCUT2D eigenvalue weighted by molar-refractivity contribution is 0.219. The minimum Gasteiger partial charge on any atom is -0.354 e. The molecule has 2 atom stereocenters. The molecule has 4 nitrogen and oxygen atoms in total. The Labute approximate surface area is 91.1 Å². The van der Waals surface area contributed by atoms with Crippen molar-refractivity contribution < 1.29 is 0 Å². The third-order valence-electron chi connectivity index (χ3n) is 4.27. The van der Waals surface area contributed by atoms with Gasteiger partial charge >= 0.3 is 0 Å². The van der Waals surface area contributed by atoms with Crippen LogP contribution in [0.3, 0.4) is 0 Å². The molecule has 3 heterocycles. The zero-order valence-corrected chi connectivity index (χ0v) is 9.58. The molecule has 84 valence electrons. The van der Waals surface area contributed by atoms with E-state index in [2.05, 4.69) is 34.4 Å². The first-order valence-electron chi connectivity index (χ1n) is 5.96. The van der Waals surface area contributed by atoms with Gasteiger partial charge in [-0.15, -0.1) is 0 Å². The molecule has 2 fully saturated rings. The molecule has 0 amide bonds. The van der Waals surface area contributed by atoms with Crippen LogP contribution in [0.5, 0.6) is 0 Å². The normalized spacial score (nSPS) is 37.7. The van der Waals surface area contributed by atoms with Crippen LogP contribution < -0.4 is 10.6 Å². The molecule has 0 aromatic heterocycles. The molecule has 15 heavy (non-hydrogen) atoms. The fraction of sp³-hybridized carbons (Fsp3) is 0.909. The van der Waals surface area contributed by atoms with Crippen molar-refractivity contribution in [1.29, 1.82) is 0 Å². The summed E-state index contributed by atoms with van der Waals surface area (Å²) in [7, 11) is 0. The lowest BCUT2D eigenvalue weighted by atomic mass is 9.85. The zero-order valence-electron chi connectivity index (χ0n) is 9.58. The van der Waals surface area contributed by atoms with E-state index in [1.807, 2.05) is 0 Å². The molecule has 2 saturated heterocycles. The Morgan fingerprint density at radius 2 is 2.27 bits per heavy atom. The summed E-state index contributed by atoms with van der Waals surface area (Å²) in [6, 6.07) is 0. The van der Waals surface area contributed by atoms with Gasteiger partial charge in [0.2, 0.25) is 0 Å². The second-order valence-corrected chi connectivity index (χ2v) is 5.42. The summed E-state index contributed by atoms with van der Waals surface area (Å²) in [5.41, 5.74) is 0.254. The maximum Gasteiger partial charge on any atom is 0.194 e. The van der Waals surface area contributed by atoms with E-state index in [0.29, 0.717) is 0 Å². The Hall–Kier alpha value is -0.770. The number of rotatable bonds is 0. The maximum atomic E-state index is 4.55. The second-order valence-electron chi connectivity index (χ2n) is 5.42. The second kappa shape index (κ2) is 3.11. The highest BCUT2D eigenvalue weighted by molar-refractivity contribution is 5.82. The number of hydrogen-bond acceptors (Lipinski definition) is 4. The molecule has 2 unspecified atom stereocenters. The fourth-order valence-corrected chi connectivity index (χ4v) is 3.35. The van der Waals surface area contributed by atoms with Crippen molar-refractivity contribution in [2.24, 2.45) is 16.8 Å². The van der Waals surface area contributed by atoms with E-state index in [9.17, 15) is 0 Å². The van der Waals surface area contributed by atoms with E-state index < -0.39 is 0 Å². The predicted octanol–water partition coefficient (Wildman–Crippen LogP) is -0.125. The molecule has 3 aliphatic rings. The van der Waals surface area contributed by atoms with Gasteiger partial charge in [-0.3, -0.25) is 4.99 Å². The quantitative estimate of drug-likeness (QED) is 0.583. The summed E-state index contributed by atoms with van der Waals surface area (Å²) in [4.78, 5) is 7.03. The highest BCUT2D eigenvalue weighted by atomic mass is 15.4. The van der Waals surface area contributed by atoms with Gasteiger partial charge in [0.05, 0.1) is 6.54 Å². The van der Waals surface area contributed by atoms with Crippen LogP contribution in [0, 0.1) is 11.8 Å². The largest absolute Gasteiger partial charge is 0.354 e. The highest BCUT2D eigenvalue weighted by Gasteiger charge is 2.50. The third-order valence-corrected chi connectivity index (χ3v) is 4.27. The van der Waals surface area contributed by atoms with Crippen molar-refractivity contribution in [3.8, 4) is 0 Å². The summed E-state index contributed by atoms with van der Waals surface area (Å²) < 4.78 is 0. The van der Waals surface area contributed by atoms with Gasteiger partial charge in [0.25, 0.3) is 0 Å². The van der Waals surface area contributed by atoms with Crippen molar-refractivity contribution in [2.75, 3.05) is 32.7 Å². The molecule has 4 heteroatoms. The topological polar surface area (TPSA) is 39.7 Å². The standard InChI is InChI=1S/C11H20N4/c1-11(2)9-6-12-5-8(9)7-15(11)10-13-3-4-14-10/h8-9,12H,3-7H2,1-2H3,(H,13,14). The van der Waals surface area contributed by atoms with Crippen LogP contribution in [0.4, 0.5) is 0 Å². The molecule has 0 aromatic carbocycles. The van der Waals surface area contributed by atoms with E-state index >= 15 is 0 Å². The van der Waals surface area contributed by atoms with Crippen LogP contribution >= 0.6 is 0 Å². The van der Waals surface area contributed by atoms with E-state index in [4.69, 9.17) is 0 Å². The minimum absolute atomic E-state index is 0.254. The van der Waals surface area contributed by atoms with E-state index in [0.717, 1.165) is 37.4 Å². The van der Waals surface area contributed by atoms with E-state index in [1.165, 1.54) is 13.1 Å². The Morgan fingerprint density at radius 3 is 2.93 bits per heavy atom. The molecule has 0 spiro atoms. The Morgan fingerprint density at radius 1 is 1.40 bits per heavy atom. The smallest absolute Gasteiger partial charge is 0.194 e. The number of fused-ring (bicyclic) bond motifs is 1. The molecule has 0 saturated carbocycles. The number of aliphatic imine (C=N–C) groups is 1. The summed E-state index contributed by atoms with van der Waals surface area (Å²) in [6.45, 7) is 10.2. The molecular weight excluding hydrogens is 188 g/mol. The molecule has 3 aliphatic heterocycles. The van der Waals surface area contributed by atoms with Crippen molar-refractivity contribution in [2.45, 2.75) is 19.4 Å². The number of nitrogens with one attached hydrogen (secondary N) is 2. The van der Waals surface area contributed by atoms with Gasteiger partial charge < -0.3 is 15.5 Å². The van der Waals surface area contributed by atoms with Gasteiger partial charge in [-0.05, 0) is 25.7 Å². The fourth-order valence-electron chi connectivity index (χ4n) is 3.35. The Kier molecular flexibility index (Phi) is 1.96. The first-order chi connectivity index (χ1) is 7.19. The first-order valence-corrected chi connectivity index (χ1v) is 5.96. The Bertz CT molecular complexity index is 297. The number of guanidine groups is 1. The van der Waals surface area contributed by atoms with Crippen molar-refractivity contribution >= 4 is 5.96 Å². The van der Waals surface area contributed by atoms with Crippen LogP contribution in [-0.4, -0.2) is 49.1 Å². The molecular formula is C11H20N4. The summed E-state index contributed by atoms with van der Waals surface area (Å²) >= 11 is 0. The lowest BCUT2D eigenvalue weighted by Gasteiger charge is -2.36. The summed E-state index contributed by atoms with van der Waals surface area (Å²) in [6.07, 6.45) is 0. The van der Waals surface area contributed by atoms with Gasteiger partial charge in [0.1, 0.15) is 0 Å². The van der Waals surface area contributed by atoms with Crippen molar-refractivity contribution in [3.05, 3.63) is 0 Å². The molecule has 3 rings (SSSR count). The lowest BCUT2D eigenvalue weighted by Crippen LogP contribution is -2.51. The number of likely N-dealkylation sites (tertiary alicyclic amines) is 1. The molecule has 0 radical (unpaired) electrons. The number of hydrogen-bond donors (Lipinski definition) is 2. The molecule has 0 aromatic rings.